The van der Waals surface area contributed by atoms with Gasteiger partial charge >= 0.3 is 0 Å². The molecule has 1 rings (SSSR count). The number of nitrogen functional groups attached to an aromatic ring is 1. The van der Waals surface area contributed by atoms with Gasteiger partial charge in [0.2, 0.25) is 5.95 Å². The second-order valence-electron chi connectivity index (χ2n) is 2.83. The van der Waals surface area contributed by atoms with E-state index in [4.69, 9.17) is 10.5 Å². The number of ether oxygens (including phenoxy) is 1. The number of aromatic nitrogens is 3. The molecule has 1 aromatic rings. The Labute approximate surface area is 83.7 Å². The number of anilines is 1. The predicted molar refractivity (Wildman–Crippen MR) is 53.8 cm³/mol. The average Bonchev–Trinajstić information content (AvgIpc) is 2.17. The van der Waals surface area contributed by atoms with Gasteiger partial charge < -0.3 is 10.5 Å². The Hall–Kier alpha value is -1.23. The lowest BCUT2D eigenvalue weighted by molar-refractivity contribution is 0.149. The maximum atomic E-state index is 5.54. The lowest BCUT2D eigenvalue weighted by Crippen LogP contribution is -2.09. The van der Waals surface area contributed by atoms with Gasteiger partial charge in [-0.1, -0.05) is 6.92 Å². The van der Waals surface area contributed by atoms with Gasteiger partial charge in [0.1, 0.15) is 11.6 Å². The molecule has 0 bridgehead atoms. The molecule has 0 unspecified atom stereocenters. The van der Waals surface area contributed by atoms with Crippen molar-refractivity contribution in [1.82, 2.24) is 15.0 Å². The predicted octanol–water partition coefficient (Wildman–Crippen LogP) is 0.595. The minimum Gasteiger partial charge on any atom is -0.381 e. The molecule has 0 saturated heterocycles. The van der Waals surface area contributed by atoms with Gasteiger partial charge in [-0.05, 0) is 6.92 Å². The Kier molecular flexibility index (Phi) is 4.25. The highest BCUT2D eigenvalue weighted by Crippen LogP contribution is 1.99. The summed E-state index contributed by atoms with van der Waals surface area (Å²) in [5.74, 6) is 1.75. The fraction of sp³-hybridized carbons (Fsp3) is 0.667. The Balaban J connectivity index is 2.62. The molecule has 2 N–H and O–H groups in total. The van der Waals surface area contributed by atoms with E-state index in [2.05, 4.69) is 15.0 Å². The third-order valence-electron chi connectivity index (χ3n) is 1.74. The van der Waals surface area contributed by atoms with Crippen LogP contribution in [0.2, 0.25) is 0 Å². The van der Waals surface area contributed by atoms with Crippen molar-refractivity contribution >= 4 is 5.95 Å². The highest BCUT2D eigenvalue weighted by Gasteiger charge is 2.02. The number of aryl methyl sites for hydroxylation is 1. The molecule has 1 heterocycles. The van der Waals surface area contributed by atoms with Gasteiger partial charge in [-0.2, -0.15) is 9.97 Å². The molecule has 0 aliphatic carbocycles. The number of rotatable bonds is 5. The van der Waals surface area contributed by atoms with Crippen LogP contribution in [0.25, 0.3) is 0 Å². The van der Waals surface area contributed by atoms with Crippen LogP contribution in [0, 0.1) is 0 Å². The molecule has 5 nitrogen and oxygen atoms in total. The van der Waals surface area contributed by atoms with E-state index in [0.717, 1.165) is 12.2 Å². The molecular formula is C9H16N4O. The fourth-order valence-electron chi connectivity index (χ4n) is 1.07. The second-order valence-corrected chi connectivity index (χ2v) is 2.83. The van der Waals surface area contributed by atoms with Gasteiger partial charge in [-0.15, -0.1) is 0 Å². The molecule has 0 amide bonds. The molecule has 0 spiro atoms. The van der Waals surface area contributed by atoms with E-state index >= 15 is 0 Å². The van der Waals surface area contributed by atoms with Crippen molar-refractivity contribution in [2.45, 2.75) is 26.7 Å². The van der Waals surface area contributed by atoms with E-state index < -0.39 is 0 Å². The molecule has 0 aliphatic heterocycles. The Bertz CT molecular complexity index is 290. The van der Waals surface area contributed by atoms with Crippen LogP contribution in [-0.2, 0) is 17.6 Å². The first kappa shape index (κ1) is 10.8. The zero-order valence-corrected chi connectivity index (χ0v) is 8.66. The summed E-state index contributed by atoms with van der Waals surface area (Å²) >= 11 is 0. The van der Waals surface area contributed by atoms with Gasteiger partial charge in [-0.25, -0.2) is 4.98 Å². The van der Waals surface area contributed by atoms with Crippen LogP contribution in [0.15, 0.2) is 0 Å². The standard InChI is InChI=1S/C9H16N4O/c1-3-7-11-8(5-6-14-4-2)13-9(10)12-7/h3-6H2,1-2H3,(H2,10,11,12,13). The van der Waals surface area contributed by atoms with E-state index in [9.17, 15) is 0 Å². The molecule has 5 heteroatoms. The Morgan fingerprint density at radius 2 is 1.86 bits per heavy atom. The normalized spacial score (nSPS) is 10.4. The molecular weight excluding hydrogens is 180 g/mol. The maximum absolute atomic E-state index is 5.54. The molecule has 0 radical (unpaired) electrons. The zero-order chi connectivity index (χ0) is 10.4. The van der Waals surface area contributed by atoms with Crippen molar-refractivity contribution in [3.63, 3.8) is 0 Å². The van der Waals surface area contributed by atoms with Crippen molar-refractivity contribution in [2.75, 3.05) is 18.9 Å². The monoisotopic (exact) mass is 196 g/mol. The van der Waals surface area contributed by atoms with Crippen molar-refractivity contribution < 1.29 is 4.74 Å². The lowest BCUT2D eigenvalue weighted by Gasteiger charge is -2.03. The first-order chi connectivity index (χ1) is 6.76. The highest BCUT2D eigenvalue weighted by atomic mass is 16.5. The van der Waals surface area contributed by atoms with E-state index in [1.165, 1.54) is 0 Å². The smallest absolute Gasteiger partial charge is 0.223 e. The van der Waals surface area contributed by atoms with Crippen molar-refractivity contribution in [2.24, 2.45) is 0 Å². The summed E-state index contributed by atoms with van der Waals surface area (Å²) in [6.45, 7) is 5.28. The first-order valence-electron chi connectivity index (χ1n) is 4.83. The molecule has 14 heavy (non-hydrogen) atoms. The SMILES string of the molecule is CCOCCc1nc(N)nc(CC)n1. The minimum atomic E-state index is 0.295. The second kappa shape index (κ2) is 5.49. The molecule has 0 aromatic carbocycles. The molecule has 0 aliphatic rings. The summed E-state index contributed by atoms with van der Waals surface area (Å²) in [6, 6.07) is 0. The topological polar surface area (TPSA) is 73.9 Å². The van der Waals surface area contributed by atoms with Crippen LogP contribution in [-0.4, -0.2) is 28.2 Å². The molecule has 0 atom stereocenters. The quantitative estimate of drug-likeness (QED) is 0.698. The summed E-state index contributed by atoms with van der Waals surface area (Å²) < 4.78 is 5.21. The Morgan fingerprint density at radius 3 is 2.50 bits per heavy atom. The van der Waals surface area contributed by atoms with Crippen molar-refractivity contribution in [3.05, 3.63) is 11.6 Å². The Morgan fingerprint density at radius 1 is 1.14 bits per heavy atom. The zero-order valence-electron chi connectivity index (χ0n) is 8.66. The van der Waals surface area contributed by atoms with E-state index in [1.54, 1.807) is 0 Å². The van der Waals surface area contributed by atoms with Crippen molar-refractivity contribution in [1.29, 1.82) is 0 Å². The third-order valence-corrected chi connectivity index (χ3v) is 1.74. The number of hydrogen-bond donors (Lipinski definition) is 1. The average molecular weight is 196 g/mol. The van der Waals surface area contributed by atoms with Gasteiger partial charge in [-0.3, -0.25) is 0 Å². The minimum absolute atomic E-state index is 0.295. The molecule has 1 aromatic heterocycles. The summed E-state index contributed by atoms with van der Waals surface area (Å²) in [7, 11) is 0. The van der Waals surface area contributed by atoms with Crippen LogP contribution in [0.1, 0.15) is 25.5 Å². The first-order valence-corrected chi connectivity index (χ1v) is 4.83. The van der Waals surface area contributed by atoms with Crippen LogP contribution < -0.4 is 5.73 Å². The van der Waals surface area contributed by atoms with Crippen LogP contribution >= 0.6 is 0 Å². The van der Waals surface area contributed by atoms with Crippen LogP contribution in [0.3, 0.4) is 0 Å². The number of nitrogens with zero attached hydrogens (tertiary/aromatic N) is 3. The maximum Gasteiger partial charge on any atom is 0.223 e. The highest BCUT2D eigenvalue weighted by molar-refractivity contribution is 5.15. The largest absolute Gasteiger partial charge is 0.381 e. The molecule has 0 fully saturated rings. The van der Waals surface area contributed by atoms with Crippen LogP contribution in [0.5, 0.6) is 0 Å². The summed E-state index contributed by atoms with van der Waals surface area (Å²) in [5.41, 5.74) is 5.54. The summed E-state index contributed by atoms with van der Waals surface area (Å²) in [6.07, 6.45) is 1.46. The van der Waals surface area contributed by atoms with Gasteiger partial charge in [0.15, 0.2) is 0 Å². The van der Waals surface area contributed by atoms with Crippen molar-refractivity contribution in [3.8, 4) is 0 Å². The number of nitrogens with two attached hydrogens (primary N) is 1. The van der Waals surface area contributed by atoms with Crippen LogP contribution in [0.4, 0.5) is 5.95 Å². The van der Waals surface area contributed by atoms with E-state index in [1.807, 2.05) is 13.8 Å². The van der Waals surface area contributed by atoms with E-state index in [-0.39, 0.29) is 0 Å². The van der Waals surface area contributed by atoms with Gasteiger partial charge in [0, 0.05) is 19.4 Å². The summed E-state index contributed by atoms with van der Waals surface area (Å²) in [5, 5.41) is 0. The fourth-order valence-corrected chi connectivity index (χ4v) is 1.07. The summed E-state index contributed by atoms with van der Waals surface area (Å²) in [4.78, 5) is 12.3. The third kappa shape index (κ3) is 3.26. The molecule has 78 valence electrons. The molecule has 0 saturated carbocycles. The van der Waals surface area contributed by atoms with Gasteiger partial charge in [0.05, 0.1) is 6.61 Å². The van der Waals surface area contributed by atoms with Gasteiger partial charge in [0.25, 0.3) is 0 Å². The lowest BCUT2D eigenvalue weighted by atomic mass is 10.4. The van der Waals surface area contributed by atoms with E-state index in [0.29, 0.717) is 31.4 Å². The number of hydrogen-bond acceptors (Lipinski definition) is 5.